The van der Waals surface area contributed by atoms with E-state index in [2.05, 4.69) is 25.8 Å². The zero-order chi connectivity index (χ0) is 22.3. The van der Waals surface area contributed by atoms with E-state index >= 15 is 0 Å². The van der Waals surface area contributed by atoms with Gasteiger partial charge in [-0.05, 0) is 43.7 Å². The number of rotatable bonds is 8. The lowest BCUT2D eigenvalue weighted by Crippen LogP contribution is -2.42. The van der Waals surface area contributed by atoms with Gasteiger partial charge in [0, 0.05) is 12.7 Å². The predicted octanol–water partition coefficient (Wildman–Crippen LogP) is 3.66. The van der Waals surface area contributed by atoms with Crippen molar-refractivity contribution in [1.82, 2.24) is 25.2 Å². The molecule has 2 heterocycles. The molecule has 2 N–H and O–H groups in total. The van der Waals surface area contributed by atoms with Crippen LogP contribution in [-0.2, 0) is 12.7 Å². The van der Waals surface area contributed by atoms with Crippen molar-refractivity contribution in [3.8, 4) is 5.75 Å². The molecule has 0 amide bonds. The number of aromatic nitrogens is 3. The van der Waals surface area contributed by atoms with Gasteiger partial charge in [0.2, 0.25) is 0 Å². The monoisotopic (exact) mass is 434 g/mol. The fourth-order valence-corrected chi connectivity index (χ4v) is 2.91. The molecule has 31 heavy (non-hydrogen) atoms. The summed E-state index contributed by atoms with van der Waals surface area (Å²) in [6.07, 6.45) is -2.26. The normalized spacial score (nSPS) is 13.3. The van der Waals surface area contributed by atoms with Crippen molar-refractivity contribution in [2.24, 2.45) is 4.99 Å². The molecular formula is C21H25F3N6O. The van der Waals surface area contributed by atoms with Crippen molar-refractivity contribution < 1.29 is 17.9 Å². The maximum Gasteiger partial charge on any atom is 0.416 e. The molecule has 3 rings (SSSR count). The summed E-state index contributed by atoms with van der Waals surface area (Å²) >= 11 is 0. The highest BCUT2D eigenvalue weighted by Crippen LogP contribution is 2.31. The number of pyridine rings is 1. The van der Waals surface area contributed by atoms with Crippen molar-refractivity contribution in [2.45, 2.75) is 39.1 Å². The van der Waals surface area contributed by atoms with E-state index in [1.54, 1.807) is 0 Å². The molecule has 0 spiro atoms. The number of ether oxygens (including phenoxy) is 1. The molecule has 0 aliphatic heterocycles. The molecule has 0 radical (unpaired) electrons. The average Bonchev–Trinajstić information content (AvgIpc) is 3.17. The zero-order valence-corrected chi connectivity index (χ0v) is 17.4. The maximum atomic E-state index is 12.9. The van der Waals surface area contributed by atoms with Crippen LogP contribution in [0.3, 0.4) is 0 Å². The van der Waals surface area contributed by atoms with Crippen molar-refractivity contribution in [3.05, 3.63) is 60.0 Å². The molecule has 1 aromatic carbocycles. The van der Waals surface area contributed by atoms with Crippen LogP contribution >= 0.6 is 0 Å². The van der Waals surface area contributed by atoms with Crippen molar-refractivity contribution in [1.29, 1.82) is 0 Å². The van der Waals surface area contributed by atoms with Crippen LogP contribution in [0.4, 0.5) is 13.2 Å². The van der Waals surface area contributed by atoms with Gasteiger partial charge in [0.05, 0.1) is 12.1 Å². The summed E-state index contributed by atoms with van der Waals surface area (Å²) in [7, 11) is 0. The number of guanidine groups is 1. The fourth-order valence-electron chi connectivity index (χ4n) is 2.91. The Balaban J connectivity index is 1.63. The number of hydrogen-bond acceptors (Lipinski definition) is 4. The summed E-state index contributed by atoms with van der Waals surface area (Å²) < 4.78 is 46.4. The molecular weight excluding hydrogens is 409 g/mol. The van der Waals surface area contributed by atoms with Gasteiger partial charge in [-0.3, -0.25) is 4.40 Å². The summed E-state index contributed by atoms with van der Waals surface area (Å²) in [6, 6.07) is 10.5. The predicted molar refractivity (Wildman–Crippen MR) is 112 cm³/mol. The second-order valence-corrected chi connectivity index (χ2v) is 6.79. The summed E-state index contributed by atoms with van der Waals surface area (Å²) in [5.74, 6) is 1.43. The van der Waals surface area contributed by atoms with Gasteiger partial charge in [-0.2, -0.15) is 13.2 Å². The smallest absolute Gasteiger partial charge is 0.416 e. The van der Waals surface area contributed by atoms with Gasteiger partial charge in [0.15, 0.2) is 17.4 Å². The first-order valence-electron chi connectivity index (χ1n) is 10.1. The van der Waals surface area contributed by atoms with Gasteiger partial charge in [-0.25, -0.2) is 4.99 Å². The number of alkyl halides is 3. The third-order valence-corrected chi connectivity index (χ3v) is 4.52. The van der Waals surface area contributed by atoms with Gasteiger partial charge >= 0.3 is 6.18 Å². The molecule has 0 fully saturated rings. The highest BCUT2D eigenvalue weighted by molar-refractivity contribution is 5.79. The molecule has 3 aromatic rings. The van der Waals surface area contributed by atoms with Crippen LogP contribution in [-0.4, -0.2) is 39.8 Å². The third-order valence-electron chi connectivity index (χ3n) is 4.52. The van der Waals surface area contributed by atoms with Crippen LogP contribution in [0.15, 0.2) is 53.7 Å². The molecule has 10 heteroatoms. The van der Waals surface area contributed by atoms with Gasteiger partial charge < -0.3 is 15.4 Å². The average molecular weight is 434 g/mol. The molecule has 2 aromatic heterocycles. The summed E-state index contributed by atoms with van der Waals surface area (Å²) in [4.78, 5) is 4.53. The van der Waals surface area contributed by atoms with E-state index < -0.39 is 11.7 Å². The largest absolute Gasteiger partial charge is 0.489 e. The standard InChI is InChI=1S/C21H25F3N6O/c1-3-16(31-17-9-7-8-15(12-17)21(22,23)24)13-26-20(25-4-2)27-14-19-29-28-18-10-5-6-11-30(18)19/h5-12,16H,3-4,13-14H2,1-2H3,(H2,25,26,27). The molecule has 1 unspecified atom stereocenters. The lowest BCUT2D eigenvalue weighted by Gasteiger charge is -2.20. The van der Waals surface area contributed by atoms with Crippen molar-refractivity contribution in [3.63, 3.8) is 0 Å². The minimum atomic E-state index is -4.41. The number of halogens is 3. The van der Waals surface area contributed by atoms with E-state index in [4.69, 9.17) is 4.74 Å². The third kappa shape index (κ3) is 6.09. The van der Waals surface area contributed by atoms with E-state index in [0.717, 1.165) is 17.8 Å². The van der Waals surface area contributed by atoms with Crippen LogP contribution in [0.1, 0.15) is 31.7 Å². The quantitative estimate of drug-likeness (QED) is 0.418. The van der Waals surface area contributed by atoms with Gasteiger partial charge in [0.1, 0.15) is 18.4 Å². The Morgan fingerprint density at radius 2 is 1.97 bits per heavy atom. The van der Waals surface area contributed by atoms with Crippen LogP contribution < -0.4 is 15.4 Å². The zero-order valence-electron chi connectivity index (χ0n) is 17.4. The molecule has 0 aliphatic carbocycles. The Hall–Kier alpha value is -3.30. The molecule has 0 saturated heterocycles. The van der Waals surface area contributed by atoms with E-state index in [1.807, 2.05) is 42.6 Å². The van der Waals surface area contributed by atoms with E-state index in [-0.39, 0.29) is 11.9 Å². The van der Waals surface area contributed by atoms with E-state index in [9.17, 15) is 13.2 Å². The first-order valence-corrected chi connectivity index (χ1v) is 10.1. The second-order valence-electron chi connectivity index (χ2n) is 6.79. The SMILES string of the molecule is CCNC(=NCc1nnc2ccccn12)NCC(CC)Oc1cccc(C(F)(F)F)c1. The Labute approximate surface area is 178 Å². The molecule has 0 bridgehead atoms. The van der Waals surface area contributed by atoms with Crippen LogP contribution in [0, 0.1) is 0 Å². The molecule has 0 saturated carbocycles. The minimum absolute atomic E-state index is 0.181. The number of nitrogens with zero attached hydrogens (tertiary/aromatic N) is 4. The number of aliphatic imine (C=N–C) groups is 1. The fraction of sp³-hybridized carbons (Fsp3) is 0.381. The van der Waals surface area contributed by atoms with Gasteiger partial charge in [-0.1, -0.05) is 19.1 Å². The first kappa shape index (κ1) is 22.4. The topological polar surface area (TPSA) is 75.8 Å². The summed E-state index contributed by atoms with van der Waals surface area (Å²) in [5.41, 5.74) is 0.00874. The Morgan fingerprint density at radius 1 is 1.13 bits per heavy atom. The van der Waals surface area contributed by atoms with E-state index in [0.29, 0.717) is 37.8 Å². The van der Waals surface area contributed by atoms with Crippen LogP contribution in [0.25, 0.3) is 5.65 Å². The highest BCUT2D eigenvalue weighted by Gasteiger charge is 2.30. The highest BCUT2D eigenvalue weighted by atomic mass is 19.4. The van der Waals surface area contributed by atoms with E-state index in [1.165, 1.54) is 12.1 Å². The first-order chi connectivity index (χ1) is 14.9. The van der Waals surface area contributed by atoms with Crippen molar-refractivity contribution >= 4 is 11.6 Å². The minimum Gasteiger partial charge on any atom is -0.489 e. The Kier molecular flexibility index (Phi) is 7.32. The molecule has 7 nitrogen and oxygen atoms in total. The van der Waals surface area contributed by atoms with Crippen molar-refractivity contribution in [2.75, 3.05) is 13.1 Å². The van der Waals surface area contributed by atoms with Gasteiger partial charge in [0.25, 0.3) is 0 Å². The second kappa shape index (κ2) is 10.1. The van der Waals surface area contributed by atoms with Gasteiger partial charge in [-0.15, -0.1) is 10.2 Å². The number of benzene rings is 1. The lowest BCUT2D eigenvalue weighted by atomic mass is 10.2. The Morgan fingerprint density at radius 3 is 2.71 bits per heavy atom. The maximum absolute atomic E-state index is 12.9. The van der Waals surface area contributed by atoms with Crippen LogP contribution in [0.5, 0.6) is 5.75 Å². The summed E-state index contributed by atoms with van der Waals surface area (Å²) in [5, 5.41) is 14.6. The molecule has 1 atom stereocenters. The Bertz CT molecular complexity index is 1020. The van der Waals surface area contributed by atoms with Crippen LogP contribution in [0.2, 0.25) is 0 Å². The number of nitrogens with one attached hydrogen (secondary N) is 2. The molecule has 0 aliphatic rings. The lowest BCUT2D eigenvalue weighted by molar-refractivity contribution is -0.137. The number of hydrogen-bond donors (Lipinski definition) is 2. The summed E-state index contributed by atoms with van der Waals surface area (Å²) in [6.45, 7) is 5.19. The number of fused-ring (bicyclic) bond motifs is 1. The molecule has 166 valence electrons.